The molecule has 1 heteroatoms. The molecular weight excluding hydrogens is 196 g/mol. The second-order valence-electron chi connectivity index (χ2n) is 5.88. The molecule has 0 saturated heterocycles. The van der Waals surface area contributed by atoms with Gasteiger partial charge in [-0.3, -0.25) is 0 Å². The first-order chi connectivity index (χ1) is 7.60. The number of hydrogen-bond acceptors (Lipinski definition) is 1. The molecule has 1 nitrogen and oxygen atoms in total. The first-order valence-electron chi connectivity index (χ1n) is 6.33. The number of hydrogen-bond donors (Lipinski definition) is 0. The van der Waals surface area contributed by atoms with Crippen molar-refractivity contribution in [2.45, 2.75) is 52.4 Å². The van der Waals surface area contributed by atoms with E-state index in [0.717, 1.165) is 0 Å². The summed E-state index contributed by atoms with van der Waals surface area (Å²) in [7, 11) is 0. The number of fused-ring (bicyclic) bond motifs is 4. The second kappa shape index (κ2) is 3.26. The maximum Gasteiger partial charge on any atom is 0.110 e. The van der Waals surface area contributed by atoms with Crippen LogP contribution in [-0.4, -0.2) is 0 Å². The van der Waals surface area contributed by atoms with Crippen molar-refractivity contribution in [3.8, 4) is 0 Å². The van der Waals surface area contributed by atoms with E-state index in [1.165, 1.54) is 37.0 Å². The monoisotopic (exact) mass is 216 g/mol. The van der Waals surface area contributed by atoms with Crippen molar-refractivity contribution in [1.29, 1.82) is 0 Å². The van der Waals surface area contributed by atoms with Gasteiger partial charge in [-0.1, -0.05) is 18.1 Å². The van der Waals surface area contributed by atoms with E-state index in [4.69, 9.17) is 4.42 Å². The zero-order chi connectivity index (χ0) is 11.3. The molecule has 0 amide bonds. The average molecular weight is 216 g/mol. The zero-order valence-corrected chi connectivity index (χ0v) is 10.5. The predicted molar refractivity (Wildman–Crippen MR) is 65.5 cm³/mol. The Morgan fingerprint density at radius 2 is 2.19 bits per heavy atom. The summed E-state index contributed by atoms with van der Waals surface area (Å²) in [6.07, 6.45) is 6.80. The lowest BCUT2D eigenvalue weighted by Crippen LogP contribution is -2.25. The molecular formula is C15H20O. The highest BCUT2D eigenvalue weighted by atomic mass is 16.3. The van der Waals surface area contributed by atoms with Crippen LogP contribution in [0.1, 0.15) is 57.3 Å². The number of rotatable bonds is 0. The van der Waals surface area contributed by atoms with Gasteiger partial charge in [0.25, 0.3) is 0 Å². The largest absolute Gasteiger partial charge is 0.469 e. The van der Waals surface area contributed by atoms with Crippen LogP contribution >= 0.6 is 0 Å². The van der Waals surface area contributed by atoms with Gasteiger partial charge in [0.2, 0.25) is 0 Å². The van der Waals surface area contributed by atoms with Crippen molar-refractivity contribution in [3.05, 3.63) is 34.8 Å². The Morgan fingerprint density at radius 1 is 1.38 bits per heavy atom. The Morgan fingerprint density at radius 3 is 3.00 bits per heavy atom. The van der Waals surface area contributed by atoms with Crippen LogP contribution in [-0.2, 0) is 6.42 Å². The fourth-order valence-corrected chi connectivity index (χ4v) is 3.60. The molecule has 2 atom stereocenters. The van der Waals surface area contributed by atoms with Gasteiger partial charge in [0, 0.05) is 5.92 Å². The maximum atomic E-state index is 5.73. The average Bonchev–Trinajstić information content (AvgIpc) is 2.67. The Balaban J connectivity index is 2.10. The molecule has 0 aromatic carbocycles. The van der Waals surface area contributed by atoms with E-state index in [-0.39, 0.29) is 0 Å². The molecule has 1 heterocycles. The molecule has 1 aromatic rings. The lowest BCUT2D eigenvalue weighted by atomic mass is 9.67. The first kappa shape index (κ1) is 10.2. The normalized spacial score (nSPS) is 33.6. The smallest absolute Gasteiger partial charge is 0.110 e. The summed E-state index contributed by atoms with van der Waals surface area (Å²) in [6.45, 7) is 7.07. The van der Waals surface area contributed by atoms with Gasteiger partial charge in [-0.15, -0.1) is 0 Å². The lowest BCUT2D eigenvalue weighted by molar-refractivity contribution is 0.278. The minimum absolute atomic E-state index is 0.411. The van der Waals surface area contributed by atoms with Crippen molar-refractivity contribution in [1.82, 2.24) is 0 Å². The molecule has 1 aromatic heterocycles. The third-order valence-corrected chi connectivity index (χ3v) is 4.89. The van der Waals surface area contributed by atoms with E-state index in [1.54, 1.807) is 11.1 Å². The van der Waals surface area contributed by atoms with E-state index in [0.29, 0.717) is 11.3 Å². The van der Waals surface area contributed by atoms with Crippen LogP contribution in [0.5, 0.6) is 0 Å². The summed E-state index contributed by atoms with van der Waals surface area (Å²) in [6, 6.07) is 2.17. The minimum atomic E-state index is 0.411. The maximum absolute atomic E-state index is 5.73. The molecule has 86 valence electrons. The van der Waals surface area contributed by atoms with Crippen molar-refractivity contribution in [3.63, 3.8) is 0 Å². The molecule has 2 aliphatic rings. The summed E-state index contributed by atoms with van der Waals surface area (Å²) in [5.41, 5.74) is 5.09. The predicted octanol–water partition coefficient (Wildman–Crippen LogP) is 4.45. The third kappa shape index (κ3) is 1.30. The van der Waals surface area contributed by atoms with Crippen LogP contribution in [0.15, 0.2) is 27.9 Å². The molecule has 0 spiro atoms. The van der Waals surface area contributed by atoms with E-state index in [9.17, 15) is 0 Å². The van der Waals surface area contributed by atoms with Gasteiger partial charge in [0.1, 0.15) is 5.76 Å². The minimum Gasteiger partial charge on any atom is -0.469 e. The van der Waals surface area contributed by atoms with E-state index < -0.39 is 0 Å². The second-order valence-corrected chi connectivity index (χ2v) is 5.88. The fourth-order valence-electron chi connectivity index (χ4n) is 3.60. The Hall–Kier alpha value is -0.980. The quantitative estimate of drug-likeness (QED) is 0.584. The van der Waals surface area contributed by atoms with Gasteiger partial charge in [0.15, 0.2) is 0 Å². The SMILES string of the molecule is CC1=C(C)C2(C)CCc3ccoc3C(C1)C2. The Bertz CT molecular complexity index is 452. The molecule has 0 fully saturated rings. The highest BCUT2D eigenvalue weighted by Crippen LogP contribution is 2.52. The summed E-state index contributed by atoms with van der Waals surface area (Å²) in [5.74, 6) is 1.90. The Labute approximate surface area is 97.5 Å². The summed E-state index contributed by atoms with van der Waals surface area (Å²) in [4.78, 5) is 0. The van der Waals surface area contributed by atoms with E-state index in [2.05, 4.69) is 26.8 Å². The van der Waals surface area contributed by atoms with Crippen LogP contribution in [0.2, 0.25) is 0 Å². The molecule has 0 aliphatic heterocycles. The van der Waals surface area contributed by atoms with Crippen molar-refractivity contribution >= 4 is 0 Å². The van der Waals surface area contributed by atoms with Crippen molar-refractivity contribution < 1.29 is 4.42 Å². The van der Waals surface area contributed by atoms with Gasteiger partial charge in [0.05, 0.1) is 6.26 Å². The van der Waals surface area contributed by atoms with Crippen LogP contribution in [0.4, 0.5) is 0 Å². The highest BCUT2D eigenvalue weighted by molar-refractivity contribution is 5.33. The van der Waals surface area contributed by atoms with Gasteiger partial charge in [-0.2, -0.15) is 0 Å². The lowest BCUT2D eigenvalue weighted by Gasteiger charge is -2.38. The third-order valence-electron chi connectivity index (χ3n) is 4.89. The molecule has 0 saturated carbocycles. The number of aryl methyl sites for hydroxylation is 1. The van der Waals surface area contributed by atoms with Gasteiger partial charge in [-0.05, 0) is 56.6 Å². The van der Waals surface area contributed by atoms with Gasteiger partial charge in [-0.25, -0.2) is 0 Å². The molecule has 2 aliphatic carbocycles. The number of furan rings is 1. The summed E-state index contributed by atoms with van der Waals surface area (Å²) >= 11 is 0. The standard InChI is InChI=1S/C15H20O/c1-10-8-13-9-15(3,11(10)2)6-4-12-5-7-16-14(12)13/h5,7,13H,4,6,8-9H2,1-3H3. The molecule has 0 N–H and O–H groups in total. The molecule has 0 radical (unpaired) electrons. The molecule has 2 bridgehead atoms. The molecule has 2 unspecified atom stereocenters. The Kier molecular flexibility index (Phi) is 2.07. The zero-order valence-electron chi connectivity index (χ0n) is 10.5. The van der Waals surface area contributed by atoms with Crippen molar-refractivity contribution in [2.75, 3.05) is 0 Å². The van der Waals surface area contributed by atoms with Crippen molar-refractivity contribution in [2.24, 2.45) is 5.41 Å². The molecule has 3 rings (SSSR count). The van der Waals surface area contributed by atoms with E-state index >= 15 is 0 Å². The van der Waals surface area contributed by atoms with Gasteiger partial charge < -0.3 is 4.42 Å². The summed E-state index contributed by atoms with van der Waals surface area (Å²) in [5, 5.41) is 0. The topological polar surface area (TPSA) is 13.1 Å². The first-order valence-corrected chi connectivity index (χ1v) is 6.33. The highest BCUT2D eigenvalue weighted by Gasteiger charge is 2.39. The van der Waals surface area contributed by atoms with E-state index in [1.807, 2.05) is 6.26 Å². The van der Waals surface area contributed by atoms with Gasteiger partial charge >= 0.3 is 0 Å². The number of allylic oxidation sites excluding steroid dienone is 2. The fraction of sp³-hybridized carbons (Fsp3) is 0.600. The van der Waals surface area contributed by atoms with Crippen LogP contribution < -0.4 is 0 Å². The van der Waals surface area contributed by atoms with Crippen LogP contribution in [0.25, 0.3) is 0 Å². The molecule has 16 heavy (non-hydrogen) atoms. The van der Waals surface area contributed by atoms with Crippen LogP contribution in [0.3, 0.4) is 0 Å². The van der Waals surface area contributed by atoms with Crippen LogP contribution in [0, 0.1) is 5.41 Å². The summed E-state index contributed by atoms with van der Waals surface area (Å²) < 4.78 is 5.73.